The van der Waals surface area contributed by atoms with Gasteiger partial charge in [0, 0.05) is 17.1 Å². The van der Waals surface area contributed by atoms with Crippen LogP contribution in [-0.2, 0) is 0 Å². The molecule has 3 heteroatoms. The summed E-state index contributed by atoms with van der Waals surface area (Å²) in [6.45, 7) is 0. The van der Waals surface area contributed by atoms with E-state index in [-0.39, 0.29) is 11.5 Å². The van der Waals surface area contributed by atoms with Gasteiger partial charge in [-0.3, -0.25) is 0 Å². The number of phenolic OH excluding ortho intramolecular Hbond substituents is 2. The lowest BCUT2D eigenvalue weighted by molar-refractivity contribution is 0.475. The molecule has 1 aliphatic carbocycles. The molecule has 33 heavy (non-hydrogen) atoms. The van der Waals surface area contributed by atoms with Gasteiger partial charge in [0.05, 0.1) is 0 Å². The minimum absolute atomic E-state index is 0.255. The fourth-order valence-corrected chi connectivity index (χ4v) is 4.24. The summed E-state index contributed by atoms with van der Waals surface area (Å²) in [4.78, 5) is 2.25. The van der Waals surface area contributed by atoms with E-state index >= 15 is 0 Å². The molecule has 0 saturated heterocycles. The van der Waals surface area contributed by atoms with Crippen LogP contribution in [0.3, 0.4) is 0 Å². The van der Waals surface area contributed by atoms with Crippen molar-refractivity contribution in [2.75, 3.05) is 4.90 Å². The van der Waals surface area contributed by atoms with Crippen LogP contribution in [0.4, 0.5) is 11.4 Å². The van der Waals surface area contributed by atoms with E-state index in [9.17, 15) is 10.2 Å². The number of hydrogen-bond acceptors (Lipinski definition) is 3. The zero-order valence-corrected chi connectivity index (χ0v) is 18.2. The van der Waals surface area contributed by atoms with Crippen molar-refractivity contribution in [3.05, 3.63) is 127 Å². The molecule has 0 spiro atoms. The van der Waals surface area contributed by atoms with E-state index in [2.05, 4.69) is 65.6 Å². The number of anilines is 2. The van der Waals surface area contributed by atoms with E-state index in [0.717, 1.165) is 35.3 Å². The SMILES string of the molecule is Oc1ccc(-c2ccc(N(C3=CC=C(c4ccccc4)CC3)c3ccc(O)cc3)cc2)cc1. The number of hydrogen-bond donors (Lipinski definition) is 2. The van der Waals surface area contributed by atoms with Crippen molar-refractivity contribution in [1.82, 2.24) is 0 Å². The van der Waals surface area contributed by atoms with Crippen molar-refractivity contribution in [3.63, 3.8) is 0 Å². The second-order valence-electron chi connectivity index (χ2n) is 8.16. The minimum Gasteiger partial charge on any atom is -0.508 e. The molecule has 0 fully saturated rings. The van der Waals surface area contributed by atoms with E-state index in [1.54, 1.807) is 24.3 Å². The van der Waals surface area contributed by atoms with Crippen molar-refractivity contribution in [3.8, 4) is 22.6 Å². The standard InChI is InChI=1S/C30H25NO2/c32-29-18-10-25(11-19-29)24-8-14-27(15-9-24)31(28-16-20-30(33)21-17-28)26-12-6-23(7-13-26)22-4-2-1-3-5-22/h1-6,8-12,14-21,32-33H,7,13H2. The van der Waals surface area contributed by atoms with Gasteiger partial charge in [0.1, 0.15) is 11.5 Å². The Labute approximate surface area is 194 Å². The lowest BCUT2D eigenvalue weighted by Gasteiger charge is -2.30. The number of rotatable bonds is 5. The van der Waals surface area contributed by atoms with Gasteiger partial charge in [0.15, 0.2) is 0 Å². The van der Waals surface area contributed by atoms with Crippen molar-refractivity contribution in [1.29, 1.82) is 0 Å². The lowest BCUT2D eigenvalue weighted by Crippen LogP contribution is -2.17. The Morgan fingerprint density at radius 3 is 1.55 bits per heavy atom. The molecule has 4 aromatic rings. The molecular formula is C30H25NO2. The van der Waals surface area contributed by atoms with Crippen LogP contribution >= 0.6 is 0 Å². The minimum atomic E-state index is 0.255. The summed E-state index contributed by atoms with van der Waals surface area (Å²) >= 11 is 0. The maximum absolute atomic E-state index is 9.80. The van der Waals surface area contributed by atoms with Crippen molar-refractivity contribution >= 4 is 16.9 Å². The van der Waals surface area contributed by atoms with Gasteiger partial charge in [0.25, 0.3) is 0 Å². The summed E-state index contributed by atoms with van der Waals surface area (Å²) in [7, 11) is 0. The molecular weight excluding hydrogens is 406 g/mol. The van der Waals surface area contributed by atoms with Crippen LogP contribution in [0.1, 0.15) is 18.4 Å². The topological polar surface area (TPSA) is 43.7 Å². The van der Waals surface area contributed by atoms with Crippen LogP contribution in [0.5, 0.6) is 11.5 Å². The zero-order valence-electron chi connectivity index (χ0n) is 18.2. The molecule has 2 N–H and O–H groups in total. The van der Waals surface area contributed by atoms with E-state index in [0.29, 0.717) is 0 Å². The third-order valence-electron chi connectivity index (χ3n) is 5.99. The van der Waals surface area contributed by atoms with Crippen molar-refractivity contribution in [2.24, 2.45) is 0 Å². The van der Waals surface area contributed by atoms with Gasteiger partial charge in [-0.25, -0.2) is 0 Å². The highest BCUT2D eigenvalue weighted by Crippen LogP contribution is 2.37. The number of nitrogens with zero attached hydrogens (tertiary/aromatic N) is 1. The summed E-state index contributed by atoms with van der Waals surface area (Å²) in [6, 6.07) is 33.5. The Kier molecular flexibility index (Phi) is 5.69. The Balaban J connectivity index is 1.50. The Hall–Kier alpha value is -4.24. The molecule has 0 radical (unpaired) electrons. The zero-order chi connectivity index (χ0) is 22.6. The monoisotopic (exact) mass is 431 g/mol. The van der Waals surface area contributed by atoms with Crippen LogP contribution in [0.25, 0.3) is 16.7 Å². The summed E-state index contributed by atoms with van der Waals surface area (Å²) in [6.07, 6.45) is 6.30. The van der Waals surface area contributed by atoms with Crippen LogP contribution in [0.15, 0.2) is 121 Å². The first-order chi connectivity index (χ1) is 16.2. The van der Waals surface area contributed by atoms with Crippen molar-refractivity contribution in [2.45, 2.75) is 12.8 Å². The van der Waals surface area contributed by atoms with Crippen LogP contribution in [0, 0.1) is 0 Å². The van der Waals surface area contributed by atoms with Crippen LogP contribution in [-0.4, -0.2) is 10.2 Å². The fraction of sp³-hybridized carbons (Fsp3) is 0.0667. The summed E-state index contributed by atoms with van der Waals surface area (Å²) in [5, 5.41) is 19.4. The molecule has 0 bridgehead atoms. The molecule has 0 saturated carbocycles. The molecule has 0 heterocycles. The summed E-state index contributed by atoms with van der Waals surface area (Å²) in [5.74, 6) is 0.520. The second-order valence-corrected chi connectivity index (χ2v) is 8.16. The van der Waals surface area contributed by atoms with Gasteiger partial charge in [-0.1, -0.05) is 60.7 Å². The Morgan fingerprint density at radius 1 is 0.485 bits per heavy atom. The van der Waals surface area contributed by atoms with Gasteiger partial charge in [-0.05, 0) is 89.7 Å². The normalized spacial score (nSPS) is 13.2. The Morgan fingerprint density at radius 2 is 1.00 bits per heavy atom. The third kappa shape index (κ3) is 4.53. The van der Waals surface area contributed by atoms with E-state index < -0.39 is 0 Å². The van der Waals surface area contributed by atoms with E-state index in [4.69, 9.17) is 0 Å². The summed E-state index contributed by atoms with van der Waals surface area (Å²) < 4.78 is 0. The van der Waals surface area contributed by atoms with E-state index in [1.165, 1.54) is 16.8 Å². The van der Waals surface area contributed by atoms with Gasteiger partial charge in [-0.2, -0.15) is 0 Å². The number of allylic oxidation sites excluding steroid dienone is 4. The average molecular weight is 432 g/mol. The smallest absolute Gasteiger partial charge is 0.115 e. The molecule has 3 nitrogen and oxygen atoms in total. The van der Waals surface area contributed by atoms with Gasteiger partial charge < -0.3 is 15.1 Å². The fourth-order valence-electron chi connectivity index (χ4n) is 4.24. The lowest BCUT2D eigenvalue weighted by atomic mass is 9.95. The number of benzene rings is 4. The van der Waals surface area contributed by atoms with Crippen molar-refractivity contribution < 1.29 is 10.2 Å². The Bertz CT molecular complexity index is 1290. The molecule has 0 unspecified atom stereocenters. The molecule has 0 amide bonds. The first kappa shape index (κ1) is 20.7. The largest absolute Gasteiger partial charge is 0.508 e. The summed E-state index contributed by atoms with van der Waals surface area (Å²) in [5.41, 5.74) is 8.03. The average Bonchev–Trinajstić information content (AvgIpc) is 2.87. The van der Waals surface area contributed by atoms with Crippen LogP contribution < -0.4 is 4.90 Å². The highest BCUT2D eigenvalue weighted by atomic mass is 16.3. The first-order valence-corrected chi connectivity index (χ1v) is 11.1. The second kappa shape index (κ2) is 9.09. The quantitative estimate of drug-likeness (QED) is 0.341. The van der Waals surface area contributed by atoms with Crippen LogP contribution in [0.2, 0.25) is 0 Å². The molecule has 162 valence electrons. The molecule has 0 atom stereocenters. The number of aromatic hydroxyl groups is 2. The maximum atomic E-state index is 9.80. The molecule has 4 aromatic carbocycles. The molecule has 5 rings (SSSR count). The van der Waals surface area contributed by atoms with Gasteiger partial charge in [0.2, 0.25) is 0 Å². The molecule has 1 aliphatic rings. The van der Waals surface area contributed by atoms with Gasteiger partial charge >= 0.3 is 0 Å². The highest BCUT2D eigenvalue weighted by molar-refractivity contribution is 5.75. The van der Waals surface area contributed by atoms with E-state index in [1.807, 2.05) is 30.3 Å². The van der Waals surface area contributed by atoms with Gasteiger partial charge in [-0.15, -0.1) is 0 Å². The predicted octanol–water partition coefficient (Wildman–Crippen LogP) is 7.66. The predicted molar refractivity (Wildman–Crippen MR) is 136 cm³/mol. The highest BCUT2D eigenvalue weighted by Gasteiger charge is 2.18. The third-order valence-corrected chi connectivity index (χ3v) is 5.99. The molecule has 0 aliphatic heterocycles. The first-order valence-electron chi connectivity index (χ1n) is 11.1. The molecule has 0 aromatic heterocycles. The maximum Gasteiger partial charge on any atom is 0.115 e. The number of phenols is 2.